The number of hydrogen-bond donors (Lipinski definition) is 0. The van der Waals surface area contributed by atoms with Crippen molar-refractivity contribution in [1.29, 1.82) is 0 Å². The van der Waals surface area contributed by atoms with E-state index in [2.05, 4.69) is 0 Å². The molecule has 0 bridgehead atoms. The minimum absolute atomic E-state index is 0.0371. The van der Waals surface area contributed by atoms with Gasteiger partial charge in [-0.25, -0.2) is 13.2 Å². The predicted molar refractivity (Wildman–Crippen MR) is 122 cm³/mol. The highest BCUT2D eigenvalue weighted by Gasteiger charge is 2.35. The molecule has 2 heterocycles. The van der Waals surface area contributed by atoms with Gasteiger partial charge in [-0.3, -0.25) is 4.79 Å². The molecule has 33 heavy (non-hydrogen) atoms. The second kappa shape index (κ2) is 10.4. The third kappa shape index (κ3) is 6.11. The number of carbonyl (C=O) groups is 2. The molecule has 0 spiro atoms. The first-order valence-corrected chi connectivity index (χ1v) is 12.8. The molecule has 2 aromatic rings. The van der Waals surface area contributed by atoms with E-state index in [4.69, 9.17) is 14.2 Å². The molecule has 4 rings (SSSR count). The Bertz CT molecular complexity index is 1060. The van der Waals surface area contributed by atoms with Gasteiger partial charge < -0.3 is 19.1 Å². The van der Waals surface area contributed by atoms with Gasteiger partial charge in [-0.15, -0.1) is 0 Å². The molecule has 9 heteroatoms. The zero-order valence-corrected chi connectivity index (χ0v) is 19.0. The largest absolute Gasteiger partial charge is 0.491 e. The molecule has 8 nitrogen and oxygen atoms in total. The summed E-state index contributed by atoms with van der Waals surface area (Å²) < 4.78 is 40.4. The summed E-state index contributed by atoms with van der Waals surface area (Å²) in [5, 5.41) is 0. The Morgan fingerprint density at radius 1 is 1.03 bits per heavy atom. The maximum Gasteiger partial charge on any atom is 0.338 e. The van der Waals surface area contributed by atoms with Gasteiger partial charge in [0.2, 0.25) is 0 Å². The van der Waals surface area contributed by atoms with Crippen LogP contribution in [0.2, 0.25) is 0 Å². The van der Waals surface area contributed by atoms with Gasteiger partial charge in [-0.2, -0.15) is 0 Å². The molecule has 1 amide bonds. The maximum absolute atomic E-state index is 13.0. The van der Waals surface area contributed by atoms with E-state index in [1.165, 1.54) is 4.90 Å². The minimum atomic E-state index is -3.19. The van der Waals surface area contributed by atoms with E-state index in [9.17, 15) is 18.0 Å². The van der Waals surface area contributed by atoms with Crippen molar-refractivity contribution in [1.82, 2.24) is 0 Å². The van der Waals surface area contributed by atoms with Gasteiger partial charge in [0.1, 0.15) is 12.4 Å². The highest BCUT2D eigenvalue weighted by molar-refractivity contribution is 7.91. The summed E-state index contributed by atoms with van der Waals surface area (Å²) in [7, 11) is -3.19. The maximum atomic E-state index is 13.0. The van der Waals surface area contributed by atoms with Gasteiger partial charge in [0, 0.05) is 12.3 Å². The minimum Gasteiger partial charge on any atom is -0.491 e. The van der Waals surface area contributed by atoms with Gasteiger partial charge in [0.05, 0.1) is 29.2 Å². The fourth-order valence-corrected chi connectivity index (χ4v) is 5.76. The molecule has 2 aliphatic rings. The number of hydrogen-bond acceptors (Lipinski definition) is 7. The topological polar surface area (TPSA) is 99.2 Å². The van der Waals surface area contributed by atoms with Crippen molar-refractivity contribution in [2.45, 2.75) is 31.4 Å². The van der Waals surface area contributed by atoms with E-state index in [-0.39, 0.29) is 17.6 Å². The van der Waals surface area contributed by atoms with Crippen LogP contribution in [-0.4, -0.2) is 63.8 Å². The van der Waals surface area contributed by atoms with Crippen molar-refractivity contribution in [3.63, 3.8) is 0 Å². The number of amides is 1. The lowest BCUT2D eigenvalue weighted by Gasteiger charge is -2.28. The number of para-hydroxylation sites is 1. The van der Waals surface area contributed by atoms with Gasteiger partial charge in [-0.1, -0.05) is 18.2 Å². The summed E-state index contributed by atoms with van der Waals surface area (Å²) in [6, 6.07) is 14.9. The molecule has 2 aromatic carbocycles. The third-order valence-electron chi connectivity index (χ3n) is 5.75. The van der Waals surface area contributed by atoms with Crippen LogP contribution in [0.4, 0.5) is 5.69 Å². The Morgan fingerprint density at radius 3 is 2.42 bits per heavy atom. The number of esters is 1. The van der Waals surface area contributed by atoms with E-state index < -0.39 is 34.4 Å². The summed E-state index contributed by atoms with van der Waals surface area (Å²) in [5.41, 5.74) is 0.871. The van der Waals surface area contributed by atoms with Gasteiger partial charge >= 0.3 is 5.97 Å². The molecule has 0 saturated carbocycles. The predicted octanol–water partition coefficient (Wildman–Crippen LogP) is 2.62. The molecule has 2 fully saturated rings. The first kappa shape index (κ1) is 23.3. The number of rotatable bonds is 8. The Kier molecular flexibility index (Phi) is 7.29. The van der Waals surface area contributed by atoms with E-state index >= 15 is 0 Å². The van der Waals surface area contributed by atoms with E-state index in [0.29, 0.717) is 30.0 Å². The summed E-state index contributed by atoms with van der Waals surface area (Å²) in [6.07, 6.45) is 2.47. The lowest BCUT2D eigenvalue weighted by Crippen LogP contribution is -2.43. The Hall–Kier alpha value is -2.91. The molecule has 0 N–H and O–H groups in total. The second-order valence-electron chi connectivity index (χ2n) is 8.20. The second-order valence-corrected chi connectivity index (χ2v) is 10.4. The third-order valence-corrected chi connectivity index (χ3v) is 7.50. The Labute approximate surface area is 193 Å². The van der Waals surface area contributed by atoms with Crippen molar-refractivity contribution in [3.05, 3.63) is 60.2 Å². The normalized spacial score (nSPS) is 21.5. The van der Waals surface area contributed by atoms with Crippen LogP contribution in [0.3, 0.4) is 0 Å². The van der Waals surface area contributed by atoms with Gasteiger partial charge in [0.15, 0.2) is 16.4 Å². The van der Waals surface area contributed by atoms with Crippen LogP contribution in [0.25, 0.3) is 0 Å². The summed E-state index contributed by atoms with van der Waals surface area (Å²) in [6.45, 7) is 0.738. The summed E-state index contributed by atoms with van der Waals surface area (Å²) in [5.74, 6) is -0.547. The van der Waals surface area contributed by atoms with Crippen LogP contribution in [0, 0.1) is 0 Å². The quantitative estimate of drug-likeness (QED) is 0.544. The van der Waals surface area contributed by atoms with Crippen molar-refractivity contribution in [2.24, 2.45) is 0 Å². The monoisotopic (exact) mass is 473 g/mol. The Balaban J connectivity index is 1.35. The summed E-state index contributed by atoms with van der Waals surface area (Å²) >= 11 is 0. The number of carbonyl (C=O) groups excluding carboxylic acids is 2. The molecular formula is C24H27NO7S. The van der Waals surface area contributed by atoms with Crippen molar-refractivity contribution < 1.29 is 32.2 Å². The van der Waals surface area contributed by atoms with Crippen LogP contribution < -0.4 is 9.64 Å². The molecule has 176 valence electrons. The first-order valence-electron chi connectivity index (χ1n) is 11.0. The number of sulfone groups is 1. The Morgan fingerprint density at radius 2 is 1.79 bits per heavy atom. The van der Waals surface area contributed by atoms with Gasteiger partial charge in [-0.05, 0) is 55.7 Å². The SMILES string of the molecule is O=C(OCC(=O)N(c1ccccc1)[C@H]1CCS(=O)(=O)C1)c1ccc(OC[C@@H]2CCCO2)cc1. The molecule has 0 aliphatic carbocycles. The van der Waals surface area contributed by atoms with Crippen molar-refractivity contribution in [2.75, 3.05) is 36.2 Å². The smallest absolute Gasteiger partial charge is 0.338 e. The molecule has 0 radical (unpaired) electrons. The fraction of sp³-hybridized carbons (Fsp3) is 0.417. The lowest BCUT2D eigenvalue weighted by atomic mass is 10.2. The van der Waals surface area contributed by atoms with E-state index in [0.717, 1.165) is 19.4 Å². The number of ether oxygens (including phenoxy) is 3. The highest BCUT2D eigenvalue weighted by atomic mass is 32.2. The molecule has 2 saturated heterocycles. The van der Waals surface area contributed by atoms with Crippen LogP contribution in [-0.2, 0) is 24.1 Å². The number of nitrogens with zero attached hydrogens (tertiary/aromatic N) is 1. The summed E-state index contributed by atoms with van der Waals surface area (Å²) in [4.78, 5) is 26.9. The number of anilines is 1. The molecule has 2 aliphatic heterocycles. The van der Waals surface area contributed by atoms with Crippen LogP contribution >= 0.6 is 0 Å². The van der Waals surface area contributed by atoms with E-state index in [1.54, 1.807) is 48.5 Å². The van der Waals surface area contributed by atoms with Crippen LogP contribution in [0.15, 0.2) is 54.6 Å². The van der Waals surface area contributed by atoms with Crippen molar-refractivity contribution >= 4 is 27.4 Å². The molecule has 2 atom stereocenters. The molecule has 0 unspecified atom stereocenters. The average molecular weight is 474 g/mol. The van der Waals surface area contributed by atoms with Gasteiger partial charge in [0.25, 0.3) is 5.91 Å². The fourth-order valence-electron chi connectivity index (χ4n) is 4.06. The van der Waals surface area contributed by atoms with Crippen molar-refractivity contribution in [3.8, 4) is 5.75 Å². The van der Waals surface area contributed by atoms with E-state index in [1.807, 2.05) is 6.07 Å². The zero-order valence-electron chi connectivity index (χ0n) is 18.2. The first-order chi connectivity index (χ1) is 15.9. The average Bonchev–Trinajstić information content (AvgIpc) is 3.46. The molecular weight excluding hydrogens is 446 g/mol. The lowest BCUT2D eigenvalue weighted by molar-refractivity contribution is -0.122. The standard InChI is InChI=1S/C24H27NO7S/c26-23(25(19-5-2-1-3-6-19)20-12-14-33(28,29)17-20)16-32-24(27)18-8-10-21(11-9-18)31-15-22-7-4-13-30-22/h1-3,5-6,8-11,20,22H,4,7,12-17H2/t20-,22-/m0/s1. The van der Waals surface area contributed by atoms with Crippen LogP contribution in [0.5, 0.6) is 5.75 Å². The van der Waals surface area contributed by atoms with Crippen LogP contribution in [0.1, 0.15) is 29.6 Å². The zero-order chi connectivity index (χ0) is 23.3. The molecule has 0 aromatic heterocycles. The highest BCUT2D eigenvalue weighted by Crippen LogP contribution is 2.25. The number of benzene rings is 2.